The van der Waals surface area contributed by atoms with Crippen LogP contribution in [0.2, 0.25) is 5.15 Å². The summed E-state index contributed by atoms with van der Waals surface area (Å²) >= 11 is 5.88. The highest BCUT2D eigenvalue weighted by Gasteiger charge is 2.07. The molecule has 0 aliphatic carbocycles. The van der Waals surface area contributed by atoms with Gasteiger partial charge in [0.1, 0.15) is 10.8 Å². The van der Waals surface area contributed by atoms with Crippen molar-refractivity contribution in [2.24, 2.45) is 0 Å². The molecular formula is C11H13ClN4. The van der Waals surface area contributed by atoms with Gasteiger partial charge in [0.15, 0.2) is 0 Å². The number of aromatic nitrogens is 3. The van der Waals surface area contributed by atoms with E-state index in [-0.39, 0.29) is 0 Å². The first-order valence-electron chi connectivity index (χ1n) is 5.09. The maximum Gasteiger partial charge on any atom is 0.131 e. The lowest BCUT2D eigenvalue weighted by atomic mass is 10.3. The van der Waals surface area contributed by atoms with Gasteiger partial charge in [-0.05, 0) is 19.9 Å². The van der Waals surface area contributed by atoms with Crippen LogP contribution in [0.1, 0.15) is 13.8 Å². The van der Waals surface area contributed by atoms with Crippen molar-refractivity contribution < 1.29 is 0 Å². The van der Waals surface area contributed by atoms with Gasteiger partial charge < -0.3 is 5.32 Å². The highest BCUT2D eigenvalue weighted by Crippen LogP contribution is 2.22. The minimum absolute atomic E-state index is 0.327. The average Bonchev–Trinajstić information content (AvgIpc) is 2.69. The molecule has 0 amide bonds. The Hall–Kier alpha value is -1.55. The van der Waals surface area contributed by atoms with Gasteiger partial charge in [0.05, 0.1) is 11.9 Å². The number of nitrogens with one attached hydrogen (secondary N) is 1. The van der Waals surface area contributed by atoms with Gasteiger partial charge in [-0.1, -0.05) is 11.6 Å². The number of hydrogen-bond donors (Lipinski definition) is 1. The molecule has 0 bridgehead atoms. The molecule has 0 aliphatic heterocycles. The van der Waals surface area contributed by atoms with Crippen LogP contribution in [0.4, 0.5) is 5.69 Å². The predicted octanol–water partition coefficient (Wildman–Crippen LogP) is 2.74. The Morgan fingerprint density at radius 2 is 2.25 bits per heavy atom. The molecule has 0 atom stereocenters. The van der Waals surface area contributed by atoms with E-state index in [9.17, 15) is 0 Å². The highest BCUT2D eigenvalue weighted by molar-refractivity contribution is 6.29. The van der Waals surface area contributed by atoms with Crippen LogP contribution in [0.25, 0.3) is 5.69 Å². The van der Waals surface area contributed by atoms with Crippen molar-refractivity contribution in [1.29, 1.82) is 0 Å². The third kappa shape index (κ3) is 2.33. The molecule has 0 saturated carbocycles. The first-order chi connectivity index (χ1) is 7.66. The number of nitrogens with zero attached hydrogens (tertiary/aromatic N) is 3. The van der Waals surface area contributed by atoms with Gasteiger partial charge in [0.25, 0.3) is 0 Å². The number of pyridine rings is 1. The van der Waals surface area contributed by atoms with Gasteiger partial charge in [-0.3, -0.25) is 0 Å². The lowest BCUT2D eigenvalue weighted by Gasteiger charge is -2.14. The number of hydrogen-bond acceptors (Lipinski definition) is 3. The molecule has 2 heterocycles. The van der Waals surface area contributed by atoms with Gasteiger partial charge in [-0.15, -0.1) is 0 Å². The number of rotatable bonds is 3. The topological polar surface area (TPSA) is 42.7 Å². The monoisotopic (exact) mass is 236 g/mol. The third-order valence-electron chi connectivity index (χ3n) is 2.04. The predicted molar refractivity (Wildman–Crippen MR) is 65.1 cm³/mol. The lowest BCUT2D eigenvalue weighted by Crippen LogP contribution is -2.12. The van der Waals surface area contributed by atoms with E-state index in [1.54, 1.807) is 23.1 Å². The summed E-state index contributed by atoms with van der Waals surface area (Å²) in [6.45, 7) is 4.14. The summed E-state index contributed by atoms with van der Waals surface area (Å²) < 4.78 is 1.76. The van der Waals surface area contributed by atoms with Crippen molar-refractivity contribution in [2.45, 2.75) is 19.9 Å². The first-order valence-corrected chi connectivity index (χ1v) is 5.46. The molecule has 4 nitrogen and oxygen atoms in total. The summed E-state index contributed by atoms with van der Waals surface area (Å²) in [5.41, 5.74) is 1.82. The van der Waals surface area contributed by atoms with E-state index >= 15 is 0 Å². The molecule has 0 radical (unpaired) electrons. The second kappa shape index (κ2) is 4.53. The Labute approximate surface area is 99.3 Å². The van der Waals surface area contributed by atoms with Crippen LogP contribution in [0.5, 0.6) is 0 Å². The average molecular weight is 237 g/mol. The molecule has 0 saturated heterocycles. The Morgan fingerprint density at radius 1 is 1.44 bits per heavy atom. The van der Waals surface area contributed by atoms with Crippen LogP contribution in [-0.4, -0.2) is 20.8 Å². The van der Waals surface area contributed by atoms with Crippen molar-refractivity contribution in [3.05, 3.63) is 35.9 Å². The molecule has 0 unspecified atom stereocenters. The van der Waals surface area contributed by atoms with Crippen LogP contribution in [0.15, 0.2) is 30.7 Å². The van der Waals surface area contributed by atoms with Gasteiger partial charge in [0, 0.05) is 24.5 Å². The zero-order valence-electron chi connectivity index (χ0n) is 9.18. The quantitative estimate of drug-likeness (QED) is 0.834. The van der Waals surface area contributed by atoms with E-state index in [1.165, 1.54) is 0 Å². The normalized spacial score (nSPS) is 10.8. The van der Waals surface area contributed by atoms with Crippen LogP contribution in [-0.2, 0) is 0 Å². The van der Waals surface area contributed by atoms with Crippen molar-refractivity contribution in [2.75, 3.05) is 5.32 Å². The second-order valence-corrected chi connectivity index (χ2v) is 4.16. The molecule has 5 heteroatoms. The SMILES string of the molecule is CC(C)Nc1cc(Cl)ncc1-n1cccn1. The molecule has 2 aromatic rings. The van der Waals surface area contributed by atoms with Crippen molar-refractivity contribution in [1.82, 2.24) is 14.8 Å². The smallest absolute Gasteiger partial charge is 0.131 e. The summed E-state index contributed by atoms with van der Waals surface area (Å²) in [5.74, 6) is 0. The maximum absolute atomic E-state index is 5.88. The molecule has 1 N–H and O–H groups in total. The Bertz CT molecular complexity index is 465. The van der Waals surface area contributed by atoms with Crippen molar-refractivity contribution >= 4 is 17.3 Å². The molecule has 2 rings (SSSR count). The summed E-state index contributed by atoms with van der Waals surface area (Å²) in [4.78, 5) is 4.07. The maximum atomic E-state index is 5.88. The molecule has 16 heavy (non-hydrogen) atoms. The fourth-order valence-corrected chi connectivity index (χ4v) is 1.60. The van der Waals surface area contributed by atoms with Gasteiger partial charge in [0.2, 0.25) is 0 Å². The zero-order chi connectivity index (χ0) is 11.5. The van der Waals surface area contributed by atoms with Crippen LogP contribution < -0.4 is 5.32 Å². The van der Waals surface area contributed by atoms with E-state index in [2.05, 4.69) is 29.2 Å². The van der Waals surface area contributed by atoms with Crippen molar-refractivity contribution in [3.63, 3.8) is 0 Å². The van der Waals surface area contributed by atoms with Gasteiger partial charge >= 0.3 is 0 Å². The second-order valence-electron chi connectivity index (χ2n) is 3.77. The highest BCUT2D eigenvalue weighted by atomic mass is 35.5. The summed E-state index contributed by atoms with van der Waals surface area (Å²) in [7, 11) is 0. The number of anilines is 1. The molecule has 0 aromatic carbocycles. The third-order valence-corrected chi connectivity index (χ3v) is 2.25. The van der Waals surface area contributed by atoms with Crippen molar-refractivity contribution in [3.8, 4) is 5.69 Å². The van der Waals surface area contributed by atoms with E-state index in [4.69, 9.17) is 11.6 Å². The molecule has 0 fully saturated rings. The number of halogens is 1. The Morgan fingerprint density at radius 3 is 2.88 bits per heavy atom. The fourth-order valence-electron chi connectivity index (χ4n) is 1.44. The Balaban J connectivity index is 2.44. The zero-order valence-corrected chi connectivity index (χ0v) is 9.94. The van der Waals surface area contributed by atoms with E-state index in [1.807, 2.05) is 12.3 Å². The molecule has 84 valence electrons. The van der Waals surface area contributed by atoms with Crippen LogP contribution in [0, 0.1) is 0 Å². The summed E-state index contributed by atoms with van der Waals surface area (Å²) in [6, 6.07) is 4.00. The van der Waals surface area contributed by atoms with E-state index in [0.717, 1.165) is 11.4 Å². The molecule has 2 aromatic heterocycles. The van der Waals surface area contributed by atoms with Crippen LogP contribution >= 0.6 is 11.6 Å². The molecule has 0 spiro atoms. The molecular weight excluding hydrogens is 224 g/mol. The fraction of sp³-hybridized carbons (Fsp3) is 0.273. The minimum Gasteiger partial charge on any atom is -0.381 e. The van der Waals surface area contributed by atoms with E-state index < -0.39 is 0 Å². The van der Waals surface area contributed by atoms with Crippen LogP contribution in [0.3, 0.4) is 0 Å². The largest absolute Gasteiger partial charge is 0.381 e. The van der Waals surface area contributed by atoms with Gasteiger partial charge in [-0.2, -0.15) is 5.10 Å². The standard InChI is InChI=1S/C11H13ClN4/c1-8(2)15-9-6-11(12)13-7-10(9)16-5-3-4-14-16/h3-8H,1-2H3,(H,13,15). The van der Waals surface area contributed by atoms with Gasteiger partial charge in [-0.25, -0.2) is 9.67 Å². The summed E-state index contributed by atoms with van der Waals surface area (Å²) in [6.07, 6.45) is 5.31. The first kappa shape index (κ1) is 11.0. The van der Waals surface area contributed by atoms with E-state index in [0.29, 0.717) is 11.2 Å². The lowest BCUT2D eigenvalue weighted by molar-refractivity contribution is 0.854. The minimum atomic E-state index is 0.327. The Kier molecular flexibility index (Phi) is 3.10. The molecule has 0 aliphatic rings. The summed E-state index contributed by atoms with van der Waals surface area (Å²) in [5, 5.41) is 7.97.